The van der Waals surface area contributed by atoms with Crippen LogP contribution in [-0.4, -0.2) is 24.8 Å². The molecule has 0 aliphatic heterocycles. The molecule has 23 heavy (non-hydrogen) atoms. The Morgan fingerprint density at radius 3 is 2.52 bits per heavy atom. The van der Waals surface area contributed by atoms with Gasteiger partial charge in [-0.15, -0.1) is 0 Å². The first-order valence-electron chi connectivity index (χ1n) is 8.21. The van der Waals surface area contributed by atoms with Crippen LogP contribution in [0.3, 0.4) is 0 Å². The number of benzene rings is 2. The molecule has 0 bridgehead atoms. The van der Waals surface area contributed by atoms with Crippen molar-refractivity contribution in [3.05, 3.63) is 65.2 Å². The molecule has 2 rings (SSSR count). The highest BCUT2D eigenvalue weighted by Gasteiger charge is 2.16. The van der Waals surface area contributed by atoms with Crippen molar-refractivity contribution in [1.29, 1.82) is 0 Å². The number of ether oxygens (including phenoxy) is 1. The zero-order valence-corrected chi connectivity index (χ0v) is 14.3. The van der Waals surface area contributed by atoms with Gasteiger partial charge in [0.2, 0.25) is 0 Å². The van der Waals surface area contributed by atoms with Crippen LogP contribution in [0.25, 0.3) is 0 Å². The zero-order chi connectivity index (χ0) is 16.7. The summed E-state index contributed by atoms with van der Waals surface area (Å²) in [6.45, 7) is 4.90. The Morgan fingerprint density at radius 1 is 1.13 bits per heavy atom. The standard InChI is InChI=1S/C20H27NO2/c1-15-14-18(11-12-19(15)23-3)20(22)16(2)21-13-7-10-17-8-5-4-6-9-17/h4-6,8-9,11-12,14,16,20-22H,7,10,13H2,1-3H3. The number of nitrogens with one attached hydrogen (secondary N) is 1. The molecule has 2 N–H and O–H groups in total. The maximum atomic E-state index is 10.5. The van der Waals surface area contributed by atoms with Gasteiger partial charge in [-0.2, -0.15) is 0 Å². The minimum atomic E-state index is -0.517. The third-order valence-electron chi connectivity index (χ3n) is 4.19. The van der Waals surface area contributed by atoms with E-state index in [2.05, 4.69) is 29.6 Å². The number of rotatable bonds is 8. The minimum absolute atomic E-state index is 0.0126. The van der Waals surface area contributed by atoms with Crippen molar-refractivity contribution in [1.82, 2.24) is 5.32 Å². The molecule has 0 saturated heterocycles. The van der Waals surface area contributed by atoms with Gasteiger partial charge in [0.05, 0.1) is 13.2 Å². The topological polar surface area (TPSA) is 41.5 Å². The number of aliphatic hydroxyl groups excluding tert-OH is 1. The van der Waals surface area contributed by atoms with E-state index in [1.165, 1.54) is 5.56 Å². The van der Waals surface area contributed by atoms with E-state index in [-0.39, 0.29) is 6.04 Å². The van der Waals surface area contributed by atoms with Crippen LogP contribution in [0.2, 0.25) is 0 Å². The minimum Gasteiger partial charge on any atom is -0.496 e. The van der Waals surface area contributed by atoms with Gasteiger partial charge >= 0.3 is 0 Å². The SMILES string of the molecule is COc1ccc(C(O)C(C)NCCCc2ccccc2)cc1C. The fourth-order valence-electron chi connectivity index (χ4n) is 2.75. The predicted octanol–water partition coefficient (Wildman–Crippen LogP) is 3.65. The van der Waals surface area contributed by atoms with Gasteiger partial charge < -0.3 is 15.2 Å². The molecule has 0 aliphatic carbocycles. The van der Waals surface area contributed by atoms with E-state index in [1.807, 2.05) is 38.1 Å². The summed E-state index contributed by atoms with van der Waals surface area (Å²) in [5.41, 5.74) is 3.32. The van der Waals surface area contributed by atoms with Crippen molar-refractivity contribution < 1.29 is 9.84 Å². The predicted molar refractivity (Wildman–Crippen MR) is 94.9 cm³/mol. The molecule has 0 spiro atoms. The Labute approximate surface area is 139 Å². The molecule has 0 saturated carbocycles. The molecule has 3 nitrogen and oxygen atoms in total. The second-order valence-corrected chi connectivity index (χ2v) is 6.01. The number of hydrogen-bond donors (Lipinski definition) is 2. The van der Waals surface area contributed by atoms with E-state index >= 15 is 0 Å². The largest absolute Gasteiger partial charge is 0.496 e. The van der Waals surface area contributed by atoms with Crippen molar-refractivity contribution in [3.63, 3.8) is 0 Å². The zero-order valence-electron chi connectivity index (χ0n) is 14.3. The fourth-order valence-corrected chi connectivity index (χ4v) is 2.75. The van der Waals surface area contributed by atoms with Crippen LogP contribution in [0.1, 0.15) is 36.1 Å². The molecule has 124 valence electrons. The van der Waals surface area contributed by atoms with Crippen LogP contribution in [0.4, 0.5) is 0 Å². The average molecular weight is 313 g/mol. The molecule has 3 heteroatoms. The highest BCUT2D eigenvalue weighted by Crippen LogP contribution is 2.24. The van der Waals surface area contributed by atoms with E-state index in [9.17, 15) is 5.11 Å². The summed E-state index contributed by atoms with van der Waals surface area (Å²) in [5, 5.41) is 13.9. The number of aryl methyl sites for hydroxylation is 2. The van der Waals surface area contributed by atoms with Crippen molar-refractivity contribution in [2.45, 2.75) is 38.8 Å². The molecule has 2 aromatic carbocycles. The summed E-state index contributed by atoms with van der Waals surface area (Å²) in [6, 6.07) is 16.3. The first-order chi connectivity index (χ1) is 11.1. The van der Waals surface area contributed by atoms with E-state index in [0.29, 0.717) is 0 Å². The monoisotopic (exact) mass is 313 g/mol. The van der Waals surface area contributed by atoms with Gasteiger partial charge in [-0.25, -0.2) is 0 Å². The van der Waals surface area contributed by atoms with Crippen LogP contribution < -0.4 is 10.1 Å². The Balaban J connectivity index is 1.80. The molecule has 2 aromatic rings. The van der Waals surface area contributed by atoms with Crippen LogP contribution in [0.5, 0.6) is 5.75 Å². The molecule has 0 heterocycles. The van der Waals surface area contributed by atoms with Gasteiger partial charge in [0.15, 0.2) is 0 Å². The van der Waals surface area contributed by atoms with Crippen molar-refractivity contribution in [3.8, 4) is 5.75 Å². The van der Waals surface area contributed by atoms with Gasteiger partial charge in [-0.1, -0.05) is 36.4 Å². The molecule has 0 aliphatic rings. The van der Waals surface area contributed by atoms with E-state index in [0.717, 1.165) is 36.3 Å². The maximum Gasteiger partial charge on any atom is 0.121 e. The first kappa shape index (κ1) is 17.5. The Bertz CT molecular complexity index is 598. The van der Waals surface area contributed by atoms with Crippen molar-refractivity contribution >= 4 is 0 Å². The molecule has 0 amide bonds. The molecule has 2 atom stereocenters. The van der Waals surface area contributed by atoms with Crippen LogP contribution in [0.15, 0.2) is 48.5 Å². The second kappa shape index (κ2) is 8.70. The molecule has 2 unspecified atom stereocenters. The molecular formula is C20H27NO2. The van der Waals surface area contributed by atoms with E-state index in [4.69, 9.17) is 4.74 Å². The van der Waals surface area contributed by atoms with Gasteiger partial charge in [-0.05, 0) is 62.1 Å². The number of methoxy groups -OCH3 is 1. The summed E-state index contributed by atoms with van der Waals surface area (Å²) in [4.78, 5) is 0. The molecule has 0 radical (unpaired) electrons. The van der Waals surface area contributed by atoms with Gasteiger partial charge in [0.1, 0.15) is 5.75 Å². The summed E-state index contributed by atoms with van der Waals surface area (Å²) < 4.78 is 5.26. The normalized spacial score (nSPS) is 13.6. The van der Waals surface area contributed by atoms with Crippen LogP contribution in [0, 0.1) is 6.92 Å². The summed E-state index contributed by atoms with van der Waals surface area (Å²) in [7, 11) is 1.66. The third kappa shape index (κ3) is 5.08. The molecular weight excluding hydrogens is 286 g/mol. The fraction of sp³-hybridized carbons (Fsp3) is 0.400. The van der Waals surface area contributed by atoms with Crippen LogP contribution in [-0.2, 0) is 6.42 Å². The number of aliphatic hydroxyl groups is 1. The van der Waals surface area contributed by atoms with Gasteiger partial charge in [0.25, 0.3) is 0 Å². The molecule has 0 aromatic heterocycles. The lowest BCUT2D eigenvalue weighted by atomic mass is 10.0. The Kier molecular flexibility index (Phi) is 6.63. The van der Waals surface area contributed by atoms with Crippen molar-refractivity contribution in [2.75, 3.05) is 13.7 Å². The summed E-state index contributed by atoms with van der Waals surface area (Å²) in [5.74, 6) is 0.851. The lowest BCUT2D eigenvalue weighted by Crippen LogP contribution is -2.33. The summed E-state index contributed by atoms with van der Waals surface area (Å²) >= 11 is 0. The van der Waals surface area contributed by atoms with E-state index < -0.39 is 6.10 Å². The number of hydrogen-bond acceptors (Lipinski definition) is 3. The first-order valence-corrected chi connectivity index (χ1v) is 8.21. The smallest absolute Gasteiger partial charge is 0.121 e. The second-order valence-electron chi connectivity index (χ2n) is 6.01. The maximum absolute atomic E-state index is 10.5. The lowest BCUT2D eigenvalue weighted by Gasteiger charge is -2.21. The quantitative estimate of drug-likeness (QED) is 0.731. The van der Waals surface area contributed by atoms with Crippen LogP contribution >= 0.6 is 0 Å². The Hall–Kier alpha value is -1.84. The van der Waals surface area contributed by atoms with Gasteiger partial charge in [-0.3, -0.25) is 0 Å². The average Bonchev–Trinajstić information content (AvgIpc) is 2.58. The molecule has 0 fully saturated rings. The Morgan fingerprint density at radius 2 is 1.87 bits per heavy atom. The lowest BCUT2D eigenvalue weighted by molar-refractivity contribution is 0.136. The summed E-state index contributed by atoms with van der Waals surface area (Å²) in [6.07, 6.45) is 1.59. The highest BCUT2D eigenvalue weighted by atomic mass is 16.5. The van der Waals surface area contributed by atoms with Crippen molar-refractivity contribution in [2.24, 2.45) is 0 Å². The third-order valence-corrected chi connectivity index (χ3v) is 4.19. The van der Waals surface area contributed by atoms with E-state index in [1.54, 1.807) is 7.11 Å². The van der Waals surface area contributed by atoms with Gasteiger partial charge in [0, 0.05) is 6.04 Å². The highest BCUT2D eigenvalue weighted by molar-refractivity contribution is 5.37.